The number of likely N-dealkylation sites (N-methyl/N-ethyl adjacent to an activating group) is 1. The lowest BCUT2D eigenvalue weighted by molar-refractivity contribution is 0.302. The maximum absolute atomic E-state index is 8.82. The molecule has 0 unspecified atom stereocenters. The van der Waals surface area contributed by atoms with Crippen molar-refractivity contribution in [3.05, 3.63) is 23.5 Å². The molecule has 0 saturated heterocycles. The minimum atomic E-state index is 0.131. The molecular weight excluding hydrogens is 188 g/mol. The van der Waals surface area contributed by atoms with Gasteiger partial charge in [-0.05, 0) is 13.0 Å². The van der Waals surface area contributed by atoms with Crippen LogP contribution in [0.2, 0.25) is 5.02 Å². The molecule has 1 aromatic rings. The van der Waals surface area contributed by atoms with E-state index in [2.05, 4.69) is 4.98 Å². The number of halogens is 1. The molecule has 4 heteroatoms. The molecule has 1 aromatic heterocycles. The van der Waals surface area contributed by atoms with Gasteiger partial charge in [-0.3, -0.25) is 4.98 Å². The molecule has 1 rings (SSSR count). The number of aliphatic hydroxyl groups is 1. The van der Waals surface area contributed by atoms with Gasteiger partial charge in [0, 0.05) is 25.5 Å². The van der Waals surface area contributed by atoms with E-state index < -0.39 is 0 Å². The van der Waals surface area contributed by atoms with E-state index in [1.54, 1.807) is 12.4 Å². The Kier molecular flexibility index (Phi) is 3.99. The number of hydrogen-bond donors (Lipinski definition) is 1. The van der Waals surface area contributed by atoms with E-state index in [1.807, 2.05) is 17.9 Å². The van der Waals surface area contributed by atoms with Gasteiger partial charge in [0.05, 0.1) is 17.3 Å². The van der Waals surface area contributed by atoms with E-state index in [4.69, 9.17) is 16.7 Å². The van der Waals surface area contributed by atoms with Crippen LogP contribution in [0.4, 0.5) is 5.69 Å². The highest BCUT2D eigenvalue weighted by molar-refractivity contribution is 6.33. The lowest BCUT2D eigenvalue weighted by Gasteiger charge is -2.22. The quantitative estimate of drug-likeness (QED) is 0.802. The van der Waals surface area contributed by atoms with Crippen molar-refractivity contribution in [3.63, 3.8) is 0 Å². The normalized spacial score (nSPS) is 10.1. The fourth-order valence-electron chi connectivity index (χ4n) is 1.19. The Morgan fingerprint density at radius 2 is 2.38 bits per heavy atom. The van der Waals surface area contributed by atoms with Crippen LogP contribution in [0.25, 0.3) is 0 Å². The van der Waals surface area contributed by atoms with E-state index in [1.165, 1.54) is 0 Å². The van der Waals surface area contributed by atoms with Gasteiger partial charge >= 0.3 is 0 Å². The summed E-state index contributed by atoms with van der Waals surface area (Å²) in [6, 6.07) is 1.85. The average molecular weight is 201 g/mol. The third-order valence-electron chi connectivity index (χ3n) is 1.84. The van der Waals surface area contributed by atoms with Crippen molar-refractivity contribution in [1.29, 1.82) is 0 Å². The zero-order chi connectivity index (χ0) is 9.68. The van der Waals surface area contributed by atoms with Gasteiger partial charge in [-0.25, -0.2) is 0 Å². The van der Waals surface area contributed by atoms with Crippen molar-refractivity contribution in [3.8, 4) is 0 Å². The van der Waals surface area contributed by atoms with Crippen LogP contribution in [0.5, 0.6) is 0 Å². The highest BCUT2D eigenvalue weighted by Crippen LogP contribution is 2.23. The zero-order valence-electron chi connectivity index (χ0n) is 7.57. The number of rotatable bonds is 4. The highest BCUT2D eigenvalue weighted by Gasteiger charge is 2.06. The summed E-state index contributed by atoms with van der Waals surface area (Å²) in [7, 11) is 0. The monoisotopic (exact) mass is 200 g/mol. The van der Waals surface area contributed by atoms with Gasteiger partial charge in [0.2, 0.25) is 0 Å². The molecule has 0 spiro atoms. The standard InChI is InChI=1S/C9H13ClN2O/c1-2-12(5-6-13)9-3-4-11-7-8(9)10/h3-4,7,13H,2,5-6H2,1H3. The zero-order valence-corrected chi connectivity index (χ0v) is 8.33. The molecule has 0 saturated carbocycles. The maximum atomic E-state index is 8.82. The summed E-state index contributed by atoms with van der Waals surface area (Å²) in [5.74, 6) is 0. The van der Waals surface area contributed by atoms with Crippen molar-refractivity contribution in [1.82, 2.24) is 4.98 Å². The fourth-order valence-corrected chi connectivity index (χ4v) is 1.43. The molecule has 0 radical (unpaired) electrons. The van der Waals surface area contributed by atoms with Crippen molar-refractivity contribution >= 4 is 17.3 Å². The number of anilines is 1. The number of aliphatic hydroxyl groups excluding tert-OH is 1. The first-order valence-corrected chi connectivity index (χ1v) is 4.62. The molecule has 0 aromatic carbocycles. The summed E-state index contributed by atoms with van der Waals surface area (Å²) in [6.07, 6.45) is 3.30. The lowest BCUT2D eigenvalue weighted by Crippen LogP contribution is -2.26. The number of aromatic nitrogens is 1. The predicted octanol–water partition coefficient (Wildman–Crippen LogP) is 1.55. The summed E-state index contributed by atoms with van der Waals surface area (Å²) in [5, 5.41) is 9.44. The smallest absolute Gasteiger partial charge is 0.0822 e. The SMILES string of the molecule is CCN(CCO)c1ccncc1Cl. The summed E-state index contributed by atoms with van der Waals surface area (Å²) in [5.41, 5.74) is 0.924. The van der Waals surface area contributed by atoms with E-state index >= 15 is 0 Å². The molecule has 0 amide bonds. The number of hydrogen-bond acceptors (Lipinski definition) is 3. The average Bonchev–Trinajstić information content (AvgIpc) is 2.16. The molecule has 0 bridgehead atoms. The van der Waals surface area contributed by atoms with Crippen molar-refractivity contribution in [2.24, 2.45) is 0 Å². The van der Waals surface area contributed by atoms with Crippen LogP contribution in [0.1, 0.15) is 6.92 Å². The van der Waals surface area contributed by atoms with Crippen LogP contribution in [0.3, 0.4) is 0 Å². The molecule has 1 N–H and O–H groups in total. The van der Waals surface area contributed by atoms with Crippen molar-refractivity contribution < 1.29 is 5.11 Å². The third kappa shape index (κ3) is 2.57. The van der Waals surface area contributed by atoms with E-state index in [0.29, 0.717) is 11.6 Å². The summed E-state index contributed by atoms with van der Waals surface area (Å²) in [4.78, 5) is 5.90. The van der Waals surface area contributed by atoms with Gasteiger partial charge in [0.25, 0.3) is 0 Å². The molecular formula is C9H13ClN2O. The maximum Gasteiger partial charge on any atom is 0.0822 e. The van der Waals surface area contributed by atoms with Gasteiger partial charge in [0.15, 0.2) is 0 Å². The van der Waals surface area contributed by atoms with Crippen molar-refractivity contribution in [2.45, 2.75) is 6.92 Å². The first-order chi connectivity index (χ1) is 6.29. The Labute approximate surface area is 83.0 Å². The number of nitrogens with zero attached hydrogens (tertiary/aromatic N) is 2. The second-order valence-electron chi connectivity index (χ2n) is 2.63. The molecule has 1 heterocycles. The van der Waals surface area contributed by atoms with Crippen LogP contribution in [-0.4, -0.2) is 29.8 Å². The van der Waals surface area contributed by atoms with Crippen LogP contribution in [-0.2, 0) is 0 Å². The second kappa shape index (κ2) is 5.04. The largest absolute Gasteiger partial charge is 0.395 e. The van der Waals surface area contributed by atoms with Gasteiger partial charge in [-0.2, -0.15) is 0 Å². The van der Waals surface area contributed by atoms with Gasteiger partial charge in [-0.1, -0.05) is 11.6 Å². The van der Waals surface area contributed by atoms with E-state index in [-0.39, 0.29) is 6.61 Å². The second-order valence-corrected chi connectivity index (χ2v) is 3.04. The third-order valence-corrected chi connectivity index (χ3v) is 2.13. The fraction of sp³-hybridized carbons (Fsp3) is 0.444. The summed E-state index contributed by atoms with van der Waals surface area (Å²) in [6.45, 7) is 3.57. The molecule has 0 aliphatic rings. The molecule has 0 atom stereocenters. The summed E-state index contributed by atoms with van der Waals surface area (Å²) >= 11 is 5.95. The Morgan fingerprint density at radius 3 is 2.92 bits per heavy atom. The molecule has 0 aliphatic heterocycles. The predicted molar refractivity (Wildman–Crippen MR) is 54.2 cm³/mol. The van der Waals surface area contributed by atoms with E-state index in [9.17, 15) is 0 Å². The van der Waals surface area contributed by atoms with Gasteiger partial charge in [-0.15, -0.1) is 0 Å². The van der Waals surface area contributed by atoms with Crippen LogP contribution in [0, 0.1) is 0 Å². The highest BCUT2D eigenvalue weighted by atomic mass is 35.5. The van der Waals surface area contributed by atoms with Crippen molar-refractivity contribution in [2.75, 3.05) is 24.6 Å². The van der Waals surface area contributed by atoms with E-state index in [0.717, 1.165) is 12.2 Å². The molecule has 0 aliphatic carbocycles. The molecule has 72 valence electrons. The first-order valence-electron chi connectivity index (χ1n) is 4.25. The molecule has 13 heavy (non-hydrogen) atoms. The van der Waals surface area contributed by atoms with Gasteiger partial charge < -0.3 is 10.0 Å². The van der Waals surface area contributed by atoms with Crippen LogP contribution >= 0.6 is 11.6 Å². The molecule has 3 nitrogen and oxygen atoms in total. The topological polar surface area (TPSA) is 36.4 Å². The Morgan fingerprint density at radius 1 is 1.62 bits per heavy atom. The molecule has 0 fully saturated rings. The van der Waals surface area contributed by atoms with Crippen LogP contribution < -0.4 is 4.90 Å². The van der Waals surface area contributed by atoms with Gasteiger partial charge in [0.1, 0.15) is 0 Å². The minimum Gasteiger partial charge on any atom is -0.395 e. The Hall–Kier alpha value is -0.800. The Bertz CT molecular complexity index is 268. The summed E-state index contributed by atoms with van der Waals surface area (Å²) < 4.78 is 0. The number of pyridine rings is 1. The van der Waals surface area contributed by atoms with Crippen LogP contribution in [0.15, 0.2) is 18.5 Å². The first kappa shape index (κ1) is 10.3. The Balaban J connectivity index is 2.84. The lowest BCUT2D eigenvalue weighted by atomic mass is 10.3. The minimum absolute atomic E-state index is 0.131.